The normalized spacial score (nSPS) is 28.8. The topological polar surface area (TPSA) is 38.9 Å². The van der Waals surface area contributed by atoms with Gasteiger partial charge >= 0.3 is 0 Å². The zero-order chi connectivity index (χ0) is 11.8. The summed E-state index contributed by atoms with van der Waals surface area (Å²) in [7, 11) is 0. The lowest BCUT2D eigenvalue weighted by Gasteiger charge is -2.06. The van der Waals surface area contributed by atoms with Crippen LogP contribution in [0.3, 0.4) is 0 Å². The molecule has 0 amide bonds. The van der Waals surface area contributed by atoms with E-state index in [1.807, 2.05) is 11.3 Å². The molecule has 2 aliphatic rings. The van der Waals surface area contributed by atoms with E-state index in [1.165, 1.54) is 54.1 Å². The molecule has 0 bridgehead atoms. The first-order valence-electron chi connectivity index (χ1n) is 7.01. The zero-order valence-electron chi connectivity index (χ0n) is 10.6. The molecule has 2 atom stereocenters. The van der Waals surface area contributed by atoms with Crippen LogP contribution in [0.1, 0.15) is 72.9 Å². The molecule has 2 nitrogen and oxygen atoms in total. The molecule has 0 aromatic carbocycles. The average Bonchev–Trinajstić information content (AvgIpc) is 2.95. The van der Waals surface area contributed by atoms with E-state index in [4.69, 9.17) is 10.7 Å². The summed E-state index contributed by atoms with van der Waals surface area (Å²) in [6, 6.07) is 0. The minimum Gasteiger partial charge on any atom is -0.326 e. The molecule has 0 radical (unpaired) electrons. The summed E-state index contributed by atoms with van der Waals surface area (Å²) in [4.78, 5) is 6.30. The third kappa shape index (κ3) is 2.27. The molecule has 3 heteroatoms. The van der Waals surface area contributed by atoms with Gasteiger partial charge in [-0.15, -0.1) is 11.3 Å². The van der Waals surface area contributed by atoms with Gasteiger partial charge < -0.3 is 5.73 Å². The van der Waals surface area contributed by atoms with Crippen molar-refractivity contribution in [3.05, 3.63) is 15.6 Å². The monoisotopic (exact) mass is 250 g/mol. The largest absolute Gasteiger partial charge is 0.326 e. The van der Waals surface area contributed by atoms with Crippen molar-refractivity contribution in [2.45, 2.75) is 63.8 Å². The first-order valence-corrected chi connectivity index (χ1v) is 7.83. The van der Waals surface area contributed by atoms with Crippen molar-refractivity contribution in [2.75, 3.05) is 0 Å². The molecule has 17 heavy (non-hydrogen) atoms. The minimum absolute atomic E-state index is 0.688. The number of aromatic nitrogens is 1. The first-order chi connectivity index (χ1) is 8.31. The highest BCUT2D eigenvalue weighted by molar-refractivity contribution is 7.11. The molecule has 1 heterocycles. The molecule has 1 aromatic rings. The highest BCUT2D eigenvalue weighted by atomic mass is 32.1. The molecule has 0 aliphatic heterocycles. The smallest absolute Gasteiger partial charge is 0.0962 e. The van der Waals surface area contributed by atoms with Crippen molar-refractivity contribution in [2.24, 2.45) is 11.7 Å². The number of hydrogen-bond acceptors (Lipinski definition) is 3. The van der Waals surface area contributed by atoms with Gasteiger partial charge in [0.05, 0.1) is 10.7 Å². The van der Waals surface area contributed by atoms with E-state index in [2.05, 4.69) is 6.92 Å². The summed E-state index contributed by atoms with van der Waals surface area (Å²) >= 11 is 1.90. The second kappa shape index (κ2) is 4.69. The Morgan fingerprint density at radius 3 is 2.59 bits per heavy atom. The van der Waals surface area contributed by atoms with Crippen molar-refractivity contribution < 1.29 is 0 Å². The fourth-order valence-corrected chi connectivity index (χ4v) is 4.23. The lowest BCUT2D eigenvalue weighted by atomic mass is 10.0. The minimum atomic E-state index is 0.688. The van der Waals surface area contributed by atoms with E-state index in [0.29, 0.717) is 6.54 Å². The van der Waals surface area contributed by atoms with Gasteiger partial charge in [-0.3, -0.25) is 0 Å². The molecule has 2 aliphatic carbocycles. The van der Waals surface area contributed by atoms with Gasteiger partial charge in [0.1, 0.15) is 0 Å². The maximum Gasteiger partial charge on any atom is 0.0962 e. The van der Waals surface area contributed by atoms with E-state index in [9.17, 15) is 0 Å². The van der Waals surface area contributed by atoms with Crippen LogP contribution < -0.4 is 5.73 Å². The molecule has 0 saturated heterocycles. The Hall–Kier alpha value is -0.410. The Balaban J connectivity index is 1.79. The van der Waals surface area contributed by atoms with Crippen LogP contribution in [-0.2, 0) is 6.54 Å². The van der Waals surface area contributed by atoms with Gasteiger partial charge in [0.25, 0.3) is 0 Å². The second-order valence-corrected chi connectivity index (χ2v) is 6.74. The summed E-state index contributed by atoms with van der Waals surface area (Å²) in [6.07, 6.45) is 8.10. The van der Waals surface area contributed by atoms with Gasteiger partial charge in [-0.2, -0.15) is 0 Å². The van der Waals surface area contributed by atoms with E-state index < -0.39 is 0 Å². The molecular formula is C14H22N2S. The maximum atomic E-state index is 5.85. The lowest BCUT2D eigenvalue weighted by molar-refractivity contribution is 0.521. The van der Waals surface area contributed by atoms with E-state index in [1.54, 1.807) is 0 Å². The summed E-state index contributed by atoms with van der Waals surface area (Å²) in [5, 5.41) is 1.39. The fraction of sp³-hybridized carbons (Fsp3) is 0.786. The molecule has 2 saturated carbocycles. The van der Waals surface area contributed by atoms with Gasteiger partial charge in [-0.05, 0) is 38.0 Å². The number of nitrogens with two attached hydrogens (primary N) is 1. The predicted molar refractivity (Wildman–Crippen MR) is 72.4 cm³/mol. The fourth-order valence-electron chi connectivity index (χ4n) is 3.05. The van der Waals surface area contributed by atoms with Crippen LogP contribution in [0.4, 0.5) is 0 Å². The van der Waals surface area contributed by atoms with Crippen LogP contribution >= 0.6 is 11.3 Å². The van der Waals surface area contributed by atoms with Crippen LogP contribution in [0.2, 0.25) is 0 Å². The molecule has 94 valence electrons. The molecular weight excluding hydrogens is 228 g/mol. The van der Waals surface area contributed by atoms with Crippen molar-refractivity contribution in [1.29, 1.82) is 0 Å². The van der Waals surface area contributed by atoms with Crippen molar-refractivity contribution in [3.8, 4) is 0 Å². The van der Waals surface area contributed by atoms with Gasteiger partial charge in [0.15, 0.2) is 0 Å². The van der Waals surface area contributed by atoms with E-state index in [0.717, 1.165) is 17.8 Å². The first kappa shape index (κ1) is 11.7. The number of thiazole rings is 1. The zero-order valence-corrected chi connectivity index (χ0v) is 11.4. The SMILES string of the molecule is CCC1CCC(c2nc(C3CC3)c(CN)s2)C1. The Bertz CT molecular complexity index is 395. The highest BCUT2D eigenvalue weighted by Crippen LogP contribution is 2.46. The Labute approximate surface area is 108 Å². The van der Waals surface area contributed by atoms with Crippen LogP contribution in [0.5, 0.6) is 0 Å². The van der Waals surface area contributed by atoms with Crippen molar-refractivity contribution in [3.63, 3.8) is 0 Å². The summed E-state index contributed by atoms with van der Waals surface area (Å²) in [5.41, 5.74) is 7.21. The molecule has 1 aromatic heterocycles. The van der Waals surface area contributed by atoms with Crippen LogP contribution in [0.25, 0.3) is 0 Å². The van der Waals surface area contributed by atoms with Gasteiger partial charge in [-0.25, -0.2) is 4.98 Å². The third-order valence-electron chi connectivity index (χ3n) is 4.36. The Morgan fingerprint density at radius 2 is 2.00 bits per heavy atom. The molecule has 2 N–H and O–H groups in total. The third-order valence-corrected chi connectivity index (χ3v) is 5.62. The number of rotatable bonds is 4. The van der Waals surface area contributed by atoms with Crippen molar-refractivity contribution >= 4 is 11.3 Å². The van der Waals surface area contributed by atoms with Crippen LogP contribution in [0.15, 0.2) is 0 Å². The van der Waals surface area contributed by atoms with Crippen LogP contribution in [-0.4, -0.2) is 4.98 Å². The molecule has 3 rings (SSSR count). The summed E-state index contributed by atoms with van der Waals surface area (Å²) in [5.74, 6) is 2.43. The van der Waals surface area contributed by atoms with Crippen molar-refractivity contribution in [1.82, 2.24) is 4.98 Å². The predicted octanol–water partition coefficient (Wildman–Crippen LogP) is 3.77. The Kier molecular flexibility index (Phi) is 3.22. The second-order valence-electron chi connectivity index (χ2n) is 5.62. The van der Waals surface area contributed by atoms with E-state index >= 15 is 0 Å². The Morgan fingerprint density at radius 1 is 1.24 bits per heavy atom. The average molecular weight is 250 g/mol. The van der Waals surface area contributed by atoms with Gasteiger partial charge in [-0.1, -0.05) is 13.3 Å². The number of nitrogens with zero attached hydrogens (tertiary/aromatic N) is 1. The molecule has 0 spiro atoms. The molecule has 2 fully saturated rings. The summed E-state index contributed by atoms with van der Waals surface area (Å²) < 4.78 is 0. The highest BCUT2D eigenvalue weighted by Gasteiger charge is 2.32. The van der Waals surface area contributed by atoms with Gasteiger partial charge in [0.2, 0.25) is 0 Å². The van der Waals surface area contributed by atoms with E-state index in [-0.39, 0.29) is 0 Å². The molecule has 2 unspecified atom stereocenters. The van der Waals surface area contributed by atoms with Gasteiger partial charge in [0, 0.05) is 23.3 Å². The number of hydrogen-bond donors (Lipinski definition) is 1. The standard InChI is InChI=1S/C14H22N2S/c1-2-9-3-4-11(7-9)14-16-13(10-5-6-10)12(8-15)17-14/h9-11H,2-8,15H2,1H3. The van der Waals surface area contributed by atoms with Crippen LogP contribution in [0, 0.1) is 5.92 Å². The maximum absolute atomic E-state index is 5.85. The summed E-state index contributed by atoms with van der Waals surface area (Å²) in [6.45, 7) is 3.00. The quantitative estimate of drug-likeness (QED) is 0.883. The lowest BCUT2D eigenvalue weighted by Crippen LogP contribution is -1.97.